The predicted octanol–water partition coefficient (Wildman–Crippen LogP) is 3.75. The molecule has 1 fully saturated rings. The van der Waals surface area contributed by atoms with Gasteiger partial charge in [-0.15, -0.1) is 0 Å². The van der Waals surface area contributed by atoms with Gasteiger partial charge < -0.3 is 15.7 Å². The smallest absolute Gasteiger partial charge is 0.342 e. The molecule has 4 rings (SSSR count). The summed E-state index contributed by atoms with van der Waals surface area (Å²) in [6.07, 6.45) is 6.25. The minimum absolute atomic E-state index is 0.0281. The van der Waals surface area contributed by atoms with E-state index in [1.165, 1.54) is 16.9 Å². The van der Waals surface area contributed by atoms with Crippen molar-refractivity contribution >= 4 is 17.6 Å². The van der Waals surface area contributed by atoms with Crippen LogP contribution < -0.4 is 10.6 Å². The van der Waals surface area contributed by atoms with Gasteiger partial charge in [0.25, 0.3) is 5.91 Å². The number of aromatic hydroxyl groups is 1. The predicted molar refractivity (Wildman–Crippen MR) is 113 cm³/mol. The molecule has 0 spiro atoms. The van der Waals surface area contributed by atoms with E-state index in [-0.39, 0.29) is 17.7 Å². The number of aromatic nitrogens is 3. The summed E-state index contributed by atoms with van der Waals surface area (Å²) >= 11 is 0. The minimum atomic E-state index is -0.317. The van der Waals surface area contributed by atoms with E-state index in [1.54, 1.807) is 30.5 Å². The largest absolute Gasteiger partial charge is 0.507 e. The van der Waals surface area contributed by atoms with E-state index >= 15 is 0 Å². The van der Waals surface area contributed by atoms with Crippen LogP contribution in [0.1, 0.15) is 48.2 Å². The maximum Gasteiger partial charge on any atom is 0.342 e. The number of nitrogens with one attached hydrogen (secondary N) is 2. The number of carbonyl (C=O) groups excluding carboxylic acids is 2. The Morgan fingerprint density at radius 1 is 1.23 bits per heavy atom. The highest BCUT2D eigenvalue weighted by Gasteiger charge is 2.27. The molecule has 3 N–H and O–H groups in total. The Morgan fingerprint density at radius 3 is 2.70 bits per heavy atom. The number of benzene rings is 1. The van der Waals surface area contributed by atoms with Crippen molar-refractivity contribution in [3.63, 3.8) is 0 Å². The third-order valence-corrected chi connectivity index (χ3v) is 5.24. The maximum absolute atomic E-state index is 12.4. The maximum atomic E-state index is 12.4. The molecule has 3 aromatic rings. The zero-order valence-corrected chi connectivity index (χ0v) is 16.6. The number of rotatable bonds is 5. The van der Waals surface area contributed by atoms with Crippen LogP contribution in [0.15, 0.2) is 48.8 Å². The van der Waals surface area contributed by atoms with Gasteiger partial charge in [0.1, 0.15) is 5.75 Å². The zero-order chi connectivity index (χ0) is 21.1. The molecule has 0 radical (unpaired) electrons. The number of amides is 2. The summed E-state index contributed by atoms with van der Waals surface area (Å²) in [6, 6.07) is 9.78. The molecule has 154 valence electrons. The van der Waals surface area contributed by atoms with E-state index in [1.807, 2.05) is 13.0 Å². The van der Waals surface area contributed by atoms with E-state index in [2.05, 4.69) is 20.7 Å². The van der Waals surface area contributed by atoms with Gasteiger partial charge in [-0.1, -0.05) is 6.42 Å². The molecule has 1 aliphatic rings. The first-order valence-electron chi connectivity index (χ1n) is 9.99. The molecule has 0 saturated heterocycles. The second kappa shape index (κ2) is 8.36. The van der Waals surface area contributed by atoms with Gasteiger partial charge in [0, 0.05) is 42.2 Å². The van der Waals surface area contributed by atoms with E-state index in [0.29, 0.717) is 35.0 Å². The Balaban J connectivity index is 1.60. The van der Waals surface area contributed by atoms with Crippen molar-refractivity contribution in [2.75, 3.05) is 11.9 Å². The summed E-state index contributed by atoms with van der Waals surface area (Å²) in [6.45, 7) is 2.37. The van der Waals surface area contributed by atoms with Crippen LogP contribution in [0, 0.1) is 0 Å². The van der Waals surface area contributed by atoms with Gasteiger partial charge in [-0.05, 0) is 50.1 Å². The molecule has 2 amide bonds. The molecule has 2 heterocycles. The Kier molecular flexibility index (Phi) is 5.47. The molecule has 2 aromatic heterocycles. The monoisotopic (exact) mass is 405 g/mol. The normalized spacial score (nSPS) is 13.5. The van der Waals surface area contributed by atoms with Gasteiger partial charge in [0.2, 0.25) is 0 Å². The lowest BCUT2D eigenvalue weighted by Crippen LogP contribution is -2.31. The standard InChI is InChI=1S/C22H23N5O3/c1-2-24-22(30)27-19(14-5-3-6-14)12-18(26-27)17-9-8-16(11-20(17)28)25-21(29)15-7-4-10-23-13-15/h4,7-14,28H,2-3,5-6H2,1H3,(H,24,30)(H,25,29). The zero-order valence-electron chi connectivity index (χ0n) is 16.6. The van der Waals surface area contributed by atoms with Crippen LogP contribution >= 0.6 is 0 Å². The molecule has 0 aliphatic heterocycles. The van der Waals surface area contributed by atoms with Crippen molar-refractivity contribution in [2.45, 2.75) is 32.1 Å². The fourth-order valence-corrected chi connectivity index (χ4v) is 3.44. The van der Waals surface area contributed by atoms with Crippen molar-refractivity contribution in [3.05, 3.63) is 60.0 Å². The number of phenolic OH excluding ortho intramolecular Hbond substituents is 1. The van der Waals surface area contributed by atoms with Gasteiger partial charge in [0.15, 0.2) is 0 Å². The number of carbonyl (C=O) groups is 2. The molecule has 0 unspecified atom stereocenters. The van der Waals surface area contributed by atoms with Crippen LogP contribution in [-0.4, -0.2) is 38.4 Å². The van der Waals surface area contributed by atoms with Gasteiger partial charge in [-0.3, -0.25) is 9.78 Å². The van der Waals surface area contributed by atoms with Crippen LogP contribution in [0.2, 0.25) is 0 Å². The van der Waals surface area contributed by atoms with Crippen molar-refractivity contribution < 1.29 is 14.7 Å². The SMILES string of the molecule is CCNC(=O)n1nc(-c2ccc(NC(=O)c3cccnc3)cc2O)cc1C1CCC1. The average molecular weight is 405 g/mol. The summed E-state index contributed by atoms with van der Waals surface area (Å²) in [7, 11) is 0. The topological polar surface area (TPSA) is 109 Å². The first-order chi connectivity index (χ1) is 14.6. The second-order valence-electron chi connectivity index (χ2n) is 7.26. The quantitative estimate of drug-likeness (QED) is 0.599. The van der Waals surface area contributed by atoms with Crippen molar-refractivity contribution in [3.8, 4) is 17.0 Å². The fourth-order valence-electron chi connectivity index (χ4n) is 3.44. The minimum Gasteiger partial charge on any atom is -0.507 e. The number of pyridine rings is 1. The van der Waals surface area contributed by atoms with Crippen LogP contribution in [0.3, 0.4) is 0 Å². The molecule has 0 bridgehead atoms. The molecule has 0 atom stereocenters. The van der Waals surface area contributed by atoms with Crippen LogP contribution in [0.25, 0.3) is 11.3 Å². The van der Waals surface area contributed by atoms with Gasteiger partial charge >= 0.3 is 6.03 Å². The van der Waals surface area contributed by atoms with Crippen LogP contribution in [0.5, 0.6) is 5.75 Å². The van der Waals surface area contributed by atoms with E-state index in [4.69, 9.17) is 0 Å². The van der Waals surface area contributed by atoms with Crippen LogP contribution in [0.4, 0.5) is 10.5 Å². The first kappa shape index (κ1) is 19.6. The number of anilines is 1. The van der Waals surface area contributed by atoms with Crippen LogP contribution in [-0.2, 0) is 0 Å². The lowest BCUT2D eigenvalue weighted by atomic mass is 9.82. The fraction of sp³-hybridized carbons (Fsp3) is 0.273. The summed E-state index contributed by atoms with van der Waals surface area (Å²) in [5, 5.41) is 20.5. The lowest BCUT2D eigenvalue weighted by Gasteiger charge is -2.25. The Morgan fingerprint density at radius 2 is 2.07 bits per heavy atom. The first-order valence-corrected chi connectivity index (χ1v) is 9.99. The van der Waals surface area contributed by atoms with Gasteiger partial charge in [-0.2, -0.15) is 9.78 Å². The molecule has 8 heteroatoms. The molecule has 1 saturated carbocycles. The Hall–Kier alpha value is -3.68. The average Bonchev–Trinajstić information content (AvgIpc) is 3.12. The number of phenols is 1. The van der Waals surface area contributed by atoms with E-state index < -0.39 is 0 Å². The van der Waals surface area contributed by atoms with Crippen molar-refractivity contribution in [2.24, 2.45) is 0 Å². The molecule has 1 aliphatic carbocycles. The van der Waals surface area contributed by atoms with Gasteiger partial charge in [0.05, 0.1) is 17.0 Å². The number of nitrogens with zero attached hydrogens (tertiary/aromatic N) is 3. The molecule has 1 aromatic carbocycles. The number of hydrogen-bond donors (Lipinski definition) is 3. The third kappa shape index (κ3) is 3.89. The third-order valence-electron chi connectivity index (χ3n) is 5.24. The summed E-state index contributed by atoms with van der Waals surface area (Å²) in [5.41, 5.74) is 2.75. The lowest BCUT2D eigenvalue weighted by molar-refractivity contribution is 0.102. The molecule has 8 nitrogen and oxygen atoms in total. The highest BCUT2D eigenvalue weighted by atomic mass is 16.3. The number of hydrogen-bond acceptors (Lipinski definition) is 5. The van der Waals surface area contributed by atoms with E-state index in [9.17, 15) is 14.7 Å². The molecular weight excluding hydrogens is 382 g/mol. The van der Waals surface area contributed by atoms with E-state index in [0.717, 1.165) is 25.0 Å². The highest BCUT2D eigenvalue weighted by Crippen LogP contribution is 2.39. The van der Waals surface area contributed by atoms with Gasteiger partial charge in [-0.25, -0.2) is 4.79 Å². The van der Waals surface area contributed by atoms with Crippen molar-refractivity contribution in [1.82, 2.24) is 20.1 Å². The highest BCUT2D eigenvalue weighted by molar-refractivity contribution is 6.04. The Bertz CT molecular complexity index is 1070. The summed E-state index contributed by atoms with van der Waals surface area (Å²) < 4.78 is 1.40. The van der Waals surface area contributed by atoms with Crippen molar-refractivity contribution in [1.29, 1.82) is 0 Å². The molecule has 30 heavy (non-hydrogen) atoms. The summed E-state index contributed by atoms with van der Waals surface area (Å²) in [5.74, 6) is -0.0447. The summed E-state index contributed by atoms with van der Waals surface area (Å²) in [4.78, 5) is 28.6. The second-order valence-corrected chi connectivity index (χ2v) is 7.26. The Labute approximate surface area is 174 Å². The molecular formula is C22H23N5O3.